The number of halogens is 3. The van der Waals surface area contributed by atoms with Gasteiger partial charge in [-0.3, -0.25) is 4.79 Å². The Kier molecular flexibility index (Phi) is 3.57. The minimum atomic E-state index is -4.75. The van der Waals surface area contributed by atoms with Crippen LogP contribution in [0.5, 0.6) is 0 Å². The van der Waals surface area contributed by atoms with Crippen LogP contribution in [-0.4, -0.2) is 26.1 Å². The van der Waals surface area contributed by atoms with Crippen molar-refractivity contribution < 1.29 is 18.0 Å². The van der Waals surface area contributed by atoms with Crippen molar-refractivity contribution in [2.45, 2.75) is 12.6 Å². The Hall–Kier alpha value is -1.52. The average Bonchev–Trinajstić information content (AvgIpc) is 2.17. The topological polar surface area (TPSA) is 20.3 Å². The lowest BCUT2D eigenvalue weighted by Gasteiger charge is -2.12. The molecule has 0 fully saturated rings. The molecule has 0 saturated carbocycles. The third-order valence-electron chi connectivity index (χ3n) is 2.13. The molecule has 1 rings (SSSR count). The maximum Gasteiger partial charge on any atom is 0.450 e. The normalized spacial score (nSPS) is 11.3. The second-order valence-electron chi connectivity index (χ2n) is 3.66. The van der Waals surface area contributed by atoms with Gasteiger partial charge in [-0.15, -0.1) is 0 Å². The van der Waals surface area contributed by atoms with Crippen LogP contribution in [0.2, 0.25) is 0 Å². The van der Waals surface area contributed by atoms with Gasteiger partial charge < -0.3 is 4.90 Å². The minimum Gasteiger partial charge on any atom is -0.378 e. The second-order valence-corrected chi connectivity index (χ2v) is 3.66. The van der Waals surface area contributed by atoms with Crippen molar-refractivity contribution in [2.75, 3.05) is 19.0 Å². The monoisotopic (exact) mass is 231 g/mol. The molecule has 1 aromatic carbocycles. The third kappa shape index (κ3) is 3.25. The summed E-state index contributed by atoms with van der Waals surface area (Å²) >= 11 is 0. The van der Waals surface area contributed by atoms with Crippen LogP contribution >= 0.6 is 0 Å². The smallest absolute Gasteiger partial charge is 0.378 e. The van der Waals surface area contributed by atoms with Crippen LogP contribution in [0.1, 0.15) is 5.56 Å². The van der Waals surface area contributed by atoms with Crippen LogP contribution in [0.4, 0.5) is 18.9 Å². The van der Waals surface area contributed by atoms with E-state index < -0.39 is 18.4 Å². The van der Waals surface area contributed by atoms with Gasteiger partial charge >= 0.3 is 6.18 Å². The van der Waals surface area contributed by atoms with Gasteiger partial charge in [0.05, 0.1) is 0 Å². The van der Waals surface area contributed by atoms with E-state index in [1.165, 1.54) is 12.1 Å². The molecule has 0 atom stereocenters. The molecule has 0 aromatic heterocycles. The Balaban J connectivity index is 2.73. The average molecular weight is 231 g/mol. The van der Waals surface area contributed by atoms with Crippen molar-refractivity contribution >= 4 is 11.5 Å². The number of rotatable bonds is 3. The number of hydrogen-bond donors (Lipinski definition) is 0. The fourth-order valence-corrected chi connectivity index (χ4v) is 1.20. The number of carbonyl (C=O) groups excluding carboxylic acids is 1. The Morgan fingerprint density at radius 1 is 1.19 bits per heavy atom. The lowest BCUT2D eigenvalue weighted by molar-refractivity contribution is -0.170. The first-order valence-electron chi connectivity index (χ1n) is 4.67. The van der Waals surface area contributed by atoms with Crippen molar-refractivity contribution in [1.82, 2.24) is 0 Å². The number of benzene rings is 1. The summed E-state index contributed by atoms with van der Waals surface area (Å²) in [6.07, 6.45) is -5.35. The lowest BCUT2D eigenvalue weighted by Crippen LogP contribution is -2.24. The molecule has 0 heterocycles. The molecule has 0 aliphatic carbocycles. The molecule has 0 amide bonds. The van der Waals surface area contributed by atoms with Gasteiger partial charge in [0.2, 0.25) is 5.78 Å². The van der Waals surface area contributed by atoms with Crippen LogP contribution in [0.3, 0.4) is 0 Å². The Bertz CT molecular complexity index is 368. The van der Waals surface area contributed by atoms with Crippen molar-refractivity contribution in [1.29, 1.82) is 0 Å². The molecule has 1 aromatic rings. The van der Waals surface area contributed by atoms with E-state index in [9.17, 15) is 18.0 Å². The highest BCUT2D eigenvalue weighted by atomic mass is 19.4. The number of carbonyl (C=O) groups is 1. The largest absolute Gasteiger partial charge is 0.450 e. The number of anilines is 1. The third-order valence-corrected chi connectivity index (χ3v) is 2.13. The number of nitrogens with zero attached hydrogens (tertiary/aromatic N) is 1. The molecule has 0 N–H and O–H groups in total. The van der Waals surface area contributed by atoms with Gasteiger partial charge in [0.1, 0.15) is 0 Å². The Morgan fingerprint density at radius 3 is 2.06 bits per heavy atom. The molecule has 88 valence electrons. The molecule has 0 aliphatic heterocycles. The van der Waals surface area contributed by atoms with Crippen LogP contribution in [-0.2, 0) is 11.2 Å². The van der Waals surface area contributed by atoms with Gasteiger partial charge in [0, 0.05) is 26.2 Å². The van der Waals surface area contributed by atoms with E-state index in [-0.39, 0.29) is 0 Å². The number of alkyl halides is 3. The van der Waals surface area contributed by atoms with Crippen LogP contribution in [0.25, 0.3) is 0 Å². The summed E-state index contributed by atoms with van der Waals surface area (Å²) in [7, 11) is 3.66. The van der Waals surface area contributed by atoms with Gasteiger partial charge in [0.15, 0.2) is 0 Å². The van der Waals surface area contributed by atoms with Crippen molar-refractivity contribution in [3.8, 4) is 0 Å². The van der Waals surface area contributed by atoms with E-state index in [2.05, 4.69) is 0 Å². The summed E-state index contributed by atoms with van der Waals surface area (Å²) in [5.41, 5.74) is 1.25. The molecule has 2 nitrogen and oxygen atoms in total. The molecule has 5 heteroatoms. The van der Waals surface area contributed by atoms with Gasteiger partial charge in [-0.2, -0.15) is 13.2 Å². The van der Waals surface area contributed by atoms with E-state index in [1.807, 2.05) is 19.0 Å². The fourth-order valence-electron chi connectivity index (χ4n) is 1.20. The molecular weight excluding hydrogens is 219 g/mol. The molecule has 0 unspecified atom stereocenters. The maximum atomic E-state index is 12.0. The Labute approximate surface area is 91.7 Å². The lowest BCUT2D eigenvalue weighted by atomic mass is 10.1. The van der Waals surface area contributed by atoms with Crippen LogP contribution < -0.4 is 4.90 Å². The number of ketones is 1. The highest BCUT2D eigenvalue weighted by Crippen LogP contribution is 2.20. The molecule has 0 saturated heterocycles. The number of Topliss-reactive ketones (excluding diaryl/α,β-unsaturated/α-hetero) is 1. The van der Waals surface area contributed by atoms with Gasteiger partial charge in [0.25, 0.3) is 0 Å². The second kappa shape index (κ2) is 4.55. The minimum absolute atomic E-state index is 0.368. The highest BCUT2D eigenvalue weighted by molar-refractivity contribution is 5.86. The summed E-state index contributed by atoms with van der Waals surface area (Å²) in [6, 6.07) is 6.41. The zero-order valence-electron chi connectivity index (χ0n) is 9.01. The molecular formula is C11H12F3NO. The van der Waals surface area contributed by atoms with E-state index >= 15 is 0 Å². The van der Waals surface area contributed by atoms with E-state index in [0.29, 0.717) is 5.56 Å². The Morgan fingerprint density at radius 2 is 1.69 bits per heavy atom. The van der Waals surface area contributed by atoms with Gasteiger partial charge in [-0.05, 0) is 17.7 Å². The van der Waals surface area contributed by atoms with E-state index in [4.69, 9.17) is 0 Å². The van der Waals surface area contributed by atoms with Crippen LogP contribution in [0.15, 0.2) is 24.3 Å². The maximum absolute atomic E-state index is 12.0. The van der Waals surface area contributed by atoms with Crippen molar-refractivity contribution in [2.24, 2.45) is 0 Å². The molecule has 0 spiro atoms. The van der Waals surface area contributed by atoms with E-state index in [1.54, 1.807) is 12.1 Å². The predicted octanol–water partition coefficient (Wildman–Crippen LogP) is 2.43. The number of hydrogen-bond acceptors (Lipinski definition) is 2. The highest BCUT2D eigenvalue weighted by Gasteiger charge is 2.37. The summed E-state index contributed by atoms with van der Waals surface area (Å²) in [5, 5.41) is 0. The summed E-state index contributed by atoms with van der Waals surface area (Å²) in [4.78, 5) is 12.5. The molecule has 16 heavy (non-hydrogen) atoms. The van der Waals surface area contributed by atoms with Crippen molar-refractivity contribution in [3.63, 3.8) is 0 Å². The first kappa shape index (κ1) is 12.5. The molecule has 0 aliphatic rings. The predicted molar refractivity (Wildman–Crippen MR) is 55.5 cm³/mol. The molecule has 0 bridgehead atoms. The first-order chi connectivity index (χ1) is 7.30. The summed E-state index contributed by atoms with van der Waals surface area (Å²) < 4.78 is 36.0. The van der Waals surface area contributed by atoms with E-state index in [0.717, 1.165) is 5.69 Å². The fraction of sp³-hybridized carbons (Fsp3) is 0.364. The standard InChI is InChI=1S/C11H12F3NO/c1-15(2)9-5-3-8(4-6-9)7-10(16)11(12,13)14/h3-6H,7H2,1-2H3. The summed E-state index contributed by atoms with van der Waals surface area (Å²) in [6.45, 7) is 0. The zero-order valence-corrected chi connectivity index (χ0v) is 9.01. The SMILES string of the molecule is CN(C)c1ccc(CC(=O)C(F)(F)F)cc1. The zero-order chi connectivity index (χ0) is 12.3. The summed E-state index contributed by atoms with van der Waals surface area (Å²) in [5.74, 6) is -1.72. The van der Waals surface area contributed by atoms with Crippen LogP contribution in [0, 0.1) is 0 Å². The molecule has 0 radical (unpaired) electrons. The van der Waals surface area contributed by atoms with Gasteiger partial charge in [-0.25, -0.2) is 0 Å². The van der Waals surface area contributed by atoms with Crippen molar-refractivity contribution in [3.05, 3.63) is 29.8 Å². The van der Waals surface area contributed by atoms with Gasteiger partial charge in [-0.1, -0.05) is 12.1 Å². The quantitative estimate of drug-likeness (QED) is 0.796. The first-order valence-corrected chi connectivity index (χ1v) is 4.67.